The number of hydrogen-bond acceptors (Lipinski definition) is 6. The molecule has 0 saturated heterocycles. The highest BCUT2D eigenvalue weighted by Gasteiger charge is 2.14. The van der Waals surface area contributed by atoms with Gasteiger partial charge in [0.15, 0.2) is 5.75 Å². The lowest BCUT2D eigenvalue weighted by molar-refractivity contribution is -0.385. The molecule has 0 unspecified atom stereocenters. The fourth-order valence-corrected chi connectivity index (χ4v) is 2.02. The molecular formula is C16H15ClN4O4. The van der Waals surface area contributed by atoms with Crippen LogP contribution in [0.1, 0.15) is 5.56 Å². The maximum absolute atomic E-state index is 11.7. The summed E-state index contributed by atoms with van der Waals surface area (Å²) in [7, 11) is 1.35. The van der Waals surface area contributed by atoms with Crippen LogP contribution in [-0.2, 0) is 4.79 Å². The molecule has 0 heterocycles. The highest BCUT2D eigenvalue weighted by Crippen LogP contribution is 2.26. The average Bonchev–Trinajstić information content (AvgIpc) is 2.61. The van der Waals surface area contributed by atoms with Gasteiger partial charge in [0.1, 0.15) is 0 Å². The SMILES string of the molecule is COc1ccc(/C=N\NC(=O)CNc2ccc(Cl)cc2)cc1[N+](=O)[O-]. The Morgan fingerprint density at radius 3 is 2.68 bits per heavy atom. The zero-order chi connectivity index (χ0) is 18.2. The summed E-state index contributed by atoms with van der Waals surface area (Å²) >= 11 is 5.77. The summed E-state index contributed by atoms with van der Waals surface area (Å²) in [5.41, 5.74) is 3.35. The van der Waals surface area contributed by atoms with Gasteiger partial charge >= 0.3 is 5.69 Å². The fraction of sp³-hybridized carbons (Fsp3) is 0.125. The number of halogens is 1. The number of ether oxygens (including phenoxy) is 1. The van der Waals surface area contributed by atoms with E-state index < -0.39 is 4.92 Å². The second-order valence-electron chi connectivity index (χ2n) is 4.84. The van der Waals surface area contributed by atoms with Crippen LogP contribution in [0.25, 0.3) is 0 Å². The van der Waals surface area contributed by atoms with Crippen molar-refractivity contribution in [1.29, 1.82) is 0 Å². The van der Waals surface area contributed by atoms with E-state index in [9.17, 15) is 14.9 Å². The van der Waals surface area contributed by atoms with Crippen LogP contribution < -0.4 is 15.5 Å². The molecule has 0 saturated carbocycles. The summed E-state index contributed by atoms with van der Waals surface area (Å²) in [6, 6.07) is 11.3. The van der Waals surface area contributed by atoms with Crippen molar-refractivity contribution in [3.63, 3.8) is 0 Å². The maximum Gasteiger partial charge on any atom is 0.311 e. The normalized spacial score (nSPS) is 10.5. The van der Waals surface area contributed by atoms with Gasteiger partial charge in [0.25, 0.3) is 5.91 Å². The number of carbonyl (C=O) groups is 1. The lowest BCUT2D eigenvalue weighted by Gasteiger charge is -2.05. The molecule has 0 aliphatic heterocycles. The van der Waals surface area contributed by atoms with E-state index in [1.165, 1.54) is 25.5 Å². The smallest absolute Gasteiger partial charge is 0.311 e. The Hall–Kier alpha value is -3.13. The van der Waals surface area contributed by atoms with E-state index in [1.54, 1.807) is 30.3 Å². The number of carbonyl (C=O) groups excluding carboxylic acids is 1. The third-order valence-corrected chi connectivity index (χ3v) is 3.35. The summed E-state index contributed by atoms with van der Waals surface area (Å²) in [4.78, 5) is 22.1. The van der Waals surface area contributed by atoms with Gasteiger partial charge in [-0.2, -0.15) is 5.10 Å². The van der Waals surface area contributed by atoms with Crippen molar-refractivity contribution in [3.8, 4) is 5.75 Å². The van der Waals surface area contributed by atoms with Gasteiger partial charge in [-0.1, -0.05) is 11.6 Å². The van der Waals surface area contributed by atoms with Crippen LogP contribution in [0.4, 0.5) is 11.4 Å². The molecule has 25 heavy (non-hydrogen) atoms. The van der Waals surface area contributed by atoms with Gasteiger partial charge in [0, 0.05) is 22.3 Å². The monoisotopic (exact) mass is 362 g/mol. The summed E-state index contributed by atoms with van der Waals surface area (Å²) in [6.07, 6.45) is 1.31. The number of nitrogens with zero attached hydrogens (tertiary/aromatic N) is 2. The molecule has 8 nitrogen and oxygen atoms in total. The highest BCUT2D eigenvalue weighted by atomic mass is 35.5. The van der Waals surface area contributed by atoms with Gasteiger partial charge in [-0.15, -0.1) is 0 Å². The molecule has 2 rings (SSSR count). The molecule has 130 valence electrons. The van der Waals surface area contributed by atoms with Crippen LogP contribution in [0.3, 0.4) is 0 Å². The molecule has 0 bridgehead atoms. The molecule has 2 aromatic carbocycles. The van der Waals surface area contributed by atoms with Crippen LogP contribution in [0.2, 0.25) is 5.02 Å². The molecule has 2 N–H and O–H groups in total. The first-order chi connectivity index (χ1) is 12.0. The number of rotatable bonds is 7. The number of hydrazone groups is 1. The first-order valence-corrected chi connectivity index (χ1v) is 7.51. The van der Waals surface area contributed by atoms with Crippen molar-refractivity contribution in [2.75, 3.05) is 19.0 Å². The molecular weight excluding hydrogens is 348 g/mol. The summed E-state index contributed by atoms with van der Waals surface area (Å²) in [6.45, 7) is 0.0156. The van der Waals surface area contributed by atoms with E-state index in [0.717, 1.165) is 5.69 Å². The Balaban J connectivity index is 1.89. The van der Waals surface area contributed by atoms with E-state index in [1.807, 2.05) is 0 Å². The molecule has 0 atom stereocenters. The number of nitro benzene ring substituents is 1. The van der Waals surface area contributed by atoms with Crippen LogP contribution in [0.5, 0.6) is 5.75 Å². The van der Waals surface area contributed by atoms with Crippen LogP contribution in [0.15, 0.2) is 47.6 Å². The van der Waals surface area contributed by atoms with Gasteiger partial charge in [-0.3, -0.25) is 14.9 Å². The lowest BCUT2D eigenvalue weighted by atomic mass is 10.2. The molecule has 0 fully saturated rings. The topological polar surface area (TPSA) is 106 Å². The standard InChI is InChI=1S/C16H15ClN4O4/c1-25-15-7-2-11(8-14(15)21(23)24)9-19-20-16(22)10-18-13-5-3-12(17)4-6-13/h2-9,18H,10H2,1H3,(H,20,22)/b19-9-. The van der Waals surface area contributed by atoms with Crippen molar-refractivity contribution in [2.45, 2.75) is 0 Å². The lowest BCUT2D eigenvalue weighted by Crippen LogP contribution is -2.25. The van der Waals surface area contributed by atoms with E-state index >= 15 is 0 Å². The zero-order valence-electron chi connectivity index (χ0n) is 13.2. The van der Waals surface area contributed by atoms with E-state index in [2.05, 4.69) is 15.8 Å². The van der Waals surface area contributed by atoms with Crippen LogP contribution in [-0.4, -0.2) is 30.7 Å². The summed E-state index contributed by atoms with van der Waals surface area (Å²) in [5, 5.41) is 18.2. The highest BCUT2D eigenvalue weighted by molar-refractivity contribution is 6.30. The molecule has 2 aromatic rings. The average molecular weight is 363 g/mol. The summed E-state index contributed by atoms with van der Waals surface area (Å²) < 4.78 is 4.91. The number of amides is 1. The zero-order valence-corrected chi connectivity index (χ0v) is 14.0. The van der Waals surface area contributed by atoms with Gasteiger partial charge in [-0.25, -0.2) is 5.43 Å². The van der Waals surface area contributed by atoms with Crippen molar-refractivity contribution >= 4 is 35.1 Å². The maximum atomic E-state index is 11.7. The van der Waals surface area contributed by atoms with Gasteiger partial charge in [0.05, 0.1) is 24.8 Å². The first-order valence-electron chi connectivity index (χ1n) is 7.13. The fourth-order valence-electron chi connectivity index (χ4n) is 1.90. The van der Waals surface area contributed by atoms with Crippen LogP contribution >= 0.6 is 11.6 Å². The predicted octanol–water partition coefficient (Wildman–Crippen LogP) is 2.82. The minimum absolute atomic E-state index is 0.0156. The quantitative estimate of drug-likeness (QED) is 0.447. The Morgan fingerprint density at radius 1 is 1.32 bits per heavy atom. The van der Waals surface area contributed by atoms with Gasteiger partial charge < -0.3 is 10.1 Å². The second kappa shape index (κ2) is 8.65. The number of nitrogens with one attached hydrogen (secondary N) is 2. The van der Waals surface area contributed by atoms with E-state index in [0.29, 0.717) is 10.6 Å². The molecule has 0 radical (unpaired) electrons. The Labute approximate surface area is 148 Å². The van der Waals surface area contributed by atoms with Gasteiger partial charge in [0.2, 0.25) is 0 Å². The number of nitro groups is 1. The Bertz CT molecular complexity index is 793. The van der Waals surface area contributed by atoms with E-state index in [-0.39, 0.29) is 23.9 Å². The minimum Gasteiger partial charge on any atom is -0.490 e. The molecule has 0 aliphatic rings. The molecule has 0 aromatic heterocycles. The number of hydrogen-bond donors (Lipinski definition) is 2. The molecule has 0 spiro atoms. The summed E-state index contributed by atoms with van der Waals surface area (Å²) in [5.74, 6) is -0.215. The van der Waals surface area contributed by atoms with Crippen LogP contribution in [0, 0.1) is 10.1 Å². The van der Waals surface area contributed by atoms with E-state index in [4.69, 9.17) is 16.3 Å². The molecule has 9 heteroatoms. The predicted molar refractivity (Wildman–Crippen MR) is 95.3 cm³/mol. The van der Waals surface area contributed by atoms with Crippen molar-refractivity contribution in [2.24, 2.45) is 5.10 Å². The minimum atomic E-state index is -0.551. The molecule has 0 aliphatic carbocycles. The second-order valence-corrected chi connectivity index (χ2v) is 5.28. The van der Waals surface area contributed by atoms with Crippen molar-refractivity contribution in [3.05, 3.63) is 63.2 Å². The number of benzene rings is 2. The number of anilines is 1. The molecule has 1 amide bonds. The first kappa shape index (κ1) is 18.2. The Morgan fingerprint density at radius 2 is 2.04 bits per heavy atom. The third-order valence-electron chi connectivity index (χ3n) is 3.10. The van der Waals surface area contributed by atoms with Crippen molar-refractivity contribution in [1.82, 2.24) is 5.43 Å². The third kappa shape index (κ3) is 5.47. The van der Waals surface area contributed by atoms with Crippen molar-refractivity contribution < 1.29 is 14.5 Å². The number of methoxy groups -OCH3 is 1. The van der Waals surface area contributed by atoms with Gasteiger partial charge in [-0.05, 0) is 36.4 Å². The largest absolute Gasteiger partial charge is 0.490 e. The Kier molecular flexibility index (Phi) is 6.30.